The molecule has 0 aromatic heterocycles. The van der Waals surface area contributed by atoms with Gasteiger partial charge in [0.2, 0.25) is 0 Å². The second-order valence-corrected chi connectivity index (χ2v) is 5.25. The van der Waals surface area contributed by atoms with Crippen LogP contribution in [0, 0.1) is 11.8 Å². The fourth-order valence-corrected chi connectivity index (χ4v) is 2.55. The van der Waals surface area contributed by atoms with Crippen LogP contribution in [0.15, 0.2) is 0 Å². The summed E-state index contributed by atoms with van der Waals surface area (Å²) in [6, 6.07) is 0. The first kappa shape index (κ1) is 13.7. The van der Waals surface area contributed by atoms with Gasteiger partial charge in [-0.05, 0) is 24.7 Å². The average Bonchev–Trinajstić information content (AvgIpc) is 2.34. The summed E-state index contributed by atoms with van der Waals surface area (Å²) in [4.78, 5) is 10.3. The van der Waals surface area contributed by atoms with E-state index in [0.717, 1.165) is 24.5 Å². The third-order valence-corrected chi connectivity index (χ3v) is 3.90. The highest BCUT2D eigenvalue weighted by molar-refractivity contribution is 5.50. The molecule has 0 radical (unpaired) electrons. The molecule has 2 heteroatoms. The van der Waals surface area contributed by atoms with Crippen LogP contribution in [0.5, 0.6) is 0 Å². The van der Waals surface area contributed by atoms with Gasteiger partial charge in [-0.1, -0.05) is 46.0 Å². The Bertz CT molecular complexity index is 191. The zero-order valence-electron chi connectivity index (χ0n) is 10.8. The number of aldehydes is 1. The van der Waals surface area contributed by atoms with Gasteiger partial charge in [-0.25, -0.2) is 0 Å². The van der Waals surface area contributed by atoms with Gasteiger partial charge >= 0.3 is 0 Å². The van der Waals surface area contributed by atoms with Crippen LogP contribution >= 0.6 is 0 Å². The van der Waals surface area contributed by atoms with Gasteiger partial charge in [0.05, 0.1) is 6.10 Å². The van der Waals surface area contributed by atoms with Gasteiger partial charge < -0.3 is 9.53 Å². The zero-order chi connectivity index (χ0) is 11.8. The first-order valence-corrected chi connectivity index (χ1v) is 6.81. The molecular weight excluding hydrogens is 200 g/mol. The van der Waals surface area contributed by atoms with E-state index in [0.29, 0.717) is 6.10 Å². The SMILES string of the molecule is CCC(C)CCC1CCCC(OCC=O)C1. The standard InChI is InChI=1S/C14H26O2/c1-3-12(2)7-8-13-5-4-6-14(11-13)16-10-9-15/h9,12-14H,3-8,10-11H2,1-2H3. The number of ether oxygens (including phenoxy) is 1. The van der Waals surface area contributed by atoms with Crippen molar-refractivity contribution in [3.05, 3.63) is 0 Å². The Labute approximate surface area is 99.8 Å². The third kappa shape index (κ3) is 5.11. The lowest BCUT2D eigenvalue weighted by Gasteiger charge is -2.29. The van der Waals surface area contributed by atoms with Gasteiger partial charge in [-0.3, -0.25) is 0 Å². The van der Waals surface area contributed by atoms with Gasteiger partial charge in [-0.15, -0.1) is 0 Å². The Morgan fingerprint density at radius 3 is 2.94 bits per heavy atom. The van der Waals surface area contributed by atoms with Crippen LogP contribution in [-0.4, -0.2) is 19.0 Å². The maximum atomic E-state index is 10.3. The van der Waals surface area contributed by atoms with Gasteiger partial charge in [-0.2, -0.15) is 0 Å². The lowest BCUT2D eigenvalue weighted by molar-refractivity contribution is -0.114. The monoisotopic (exact) mass is 226 g/mol. The van der Waals surface area contributed by atoms with Crippen molar-refractivity contribution in [2.45, 2.75) is 64.9 Å². The van der Waals surface area contributed by atoms with Crippen molar-refractivity contribution >= 4 is 6.29 Å². The highest BCUT2D eigenvalue weighted by Gasteiger charge is 2.22. The van der Waals surface area contributed by atoms with E-state index in [9.17, 15) is 4.79 Å². The first-order chi connectivity index (χ1) is 7.76. The highest BCUT2D eigenvalue weighted by atomic mass is 16.5. The zero-order valence-corrected chi connectivity index (χ0v) is 10.8. The Kier molecular flexibility index (Phi) is 6.70. The molecule has 1 rings (SSSR count). The molecule has 1 aliphatic carbocycles. The Balaban J connectivity index is 2.19. The smallest absolute Gasteiger partial charge is 0.145 e. The van der Waals surface area contributed by atoms with Crippen LogP contribution in [0.4, 0.5) is 0 Å². The Morgan fingerprint density at radius 1 is 1.44 bits per heavy atom. The molecule has 3 atom stereocenters. The summed E-state index contributed by atoms with van der Waals surface area (Å²) >= 11 is 0. The van der Waals surface area contributed by atoms with Crippen LogP contribution in [-0.2, 0) is 9.53 Å². The summed E-state index contributed by atoms with van der Waals surface area (Å²) in [5, 5.41) is 0. The van der Waals surface area contributed by atoms with Crippen molar-refractivity contribution < 1.29 is 9.53 Å². The first-order valence-electron chi connectivity index (χ1n) is 6.81. The van der Waals surface area contributed by atoms with Crippen LogP contribution in [0.2, 0.25) is 0 Å². The molecule has 1 fully saturated rings. The highest BCUT2D eigenvalue weighted by Crippen LogP contribution is 2.30. The topological polar surface area (TPSA) is 26.3 Å². The molecule has 0 amide bonds. The van der Waals surface area contributed by atoms with Crippen molar-refractivity contribution in [2.75, 3.05) is 6.61 Å². The molecule has 1 saturated carbocycles. The van der Waals surface area contributed by atoms with E-state index < -0.39 is 0 Å². The molecule has 0 saturated heterocycles. The van der Waals surface area contributed by atoms with Crippen molar-refractivity contribution in [3.8, 4) is 0 Å². The lowest BCUT2D eigenvalue weighted by atomic mass is 9.82. The fraction of sp³-hybridized carbons (Fsp3) is 0.929. The van der Waals surface area contributed by atoms with E-state index in [1.165, 1.54) is 38.5 Å². The van der Waals surface area contributed by atoms with E-state index in [2.05, 4.69) is 13.8 Å². The van der Waals surface area contributed by atoms with Crippen molar-refractivity contribution in [1.82, 2.24) is 0 Å². The number of rotatable bonds is 7. The number of hydrogen-bond acceptors (Lipinski definition) is 2. The normalized spacial score (nSPS) is 27.6. The predicted molar refractivity (Wildman–Crippen MR) is 66.5 cm³/mol. The van der Waals surface area contributed by atoms with Crippen molar-refractivity contribution in [1.29, 1.82) is 0 Å². The van der Waals surface area contributed by atoms with E-state index >= 15 is 0 Å². The van der Waals surface area contributed by atoms with Crippen LogP contribution in [0.3, 0.4) is 0 Å². The number of carbonyl (C=O) groups excluding carboxylic acids is 1. The Hall–Kier alpha value is -0.370. The largest absolute Gasteiger partial charge is 0.371 e. The van der Waals surface area contributed by atoms with E-state index in [1.54, 1.807) is 0 Å². The molecule has 3 unspecified atom stereocenters. The third-order valence-electron chi connectivity index (χ3n) is 3.90. The minimum Gasteiger partial charge on any atom is -0.371 e. The summed E-state index contributed by atoms with van der Waals surface area (Å²) in [6.45, 7) is 4.88. The van der Waals surface area contributed by atoms with Crippen LogP contribution in [0.25, 0.3) is 0 Å². The quantitative estimate of drug-likeness (QED) is 0.620. The van der Waals surface area contributed by atoms with Crippen LogP contribution < -0.4 is 0 Å². The predicted octanol–water partition coefficient (Wildman–Crippen LogP) is 3.59. The summed E-state index contributed by atoms with van der Waals surface area (Å²) in [5.41, 5.74) is 0. The van der Waals surface area contributed by atoms with Crippen LogP contribution in [0.1, 0.15) is 58.8 Å². The fourth-order valence-electron chi connectivity index (χ4n) is 2.55. The molecule has 0 bridgehead atoms. The minimum atomic E-state index is 0.281. The summed E-state index contributed by atoms with van der Waals surface area (Å²) < 4.78 is 5.53. The van der Waals surface area contributed by atoms with Gasteiger partial charge in [0.1, 0.15) is 12.9 Å². The molecule has 2 nitrogen and oxygen atoms in total. The molecule has 0 heterocycles. The number of carbonyl (C=O) groups is 1. The van der Waals surface area contributed by atoms with Gasteiger partial charge in [0.25, 0.3) is 0 Å². The second kappa shape index (κ2) is 7.83. The lowest BCUT2D eigenvalue weighted by Crippen LogP contribution is -2.24. The molecular formula is C14H26O2. The molecule has 0 N–H and O–H groups in total. The van der Waals surface area contributed by atoms with E-state index in [4.69, 9.17) is 4.74 Å². The average molecular weight is 226 g/mol. The Morgan fingerprint density at radius 2 is 2.25 bits per heavy atom. The maximum absolute atomic E-state index is 10.3. The molecule has 0 aliphatic heterocycles. The minimum absolute atomic E-state index is 0.281. The second-order valence-electron chi connectivity index (χ2n) is 5.25. The number of hydrogen-bond donors (Lipinski definition) is 0. The summed E-state index contributed by atoms with van der Waals surface area (Å²) in [6.07, 6.45) is 10.1. The maximum Gasteiger partial charge on any atom is 0.145 e. The molecule has 16 heavy (non-hydrogen) atoms. The van der Waals surface area contributed by atoms with Crippen molar-refractivity contribution in [2.24, 2.45) is 11.8 Å². The molecule has 0 spiro atoms. The molecule has 94 valence electrons. The van der Waals surface area contributed by atoms with E-state index in [1.807, 2.05) is 0 Å². The molecule has 0 aromatic rings. The summed E-state index contributed by atoms with van der Waals surface area (Å²) in [7, 11) is 0. The van der Waals surface area contributed by atoms with Crippen molar-refractivity contribution in [3.63, 3.8) is 0 Å². The van der Waals surface area contributed by atoms with Gasteiger partial charge in [0, 0.05) is 0 Å². The van der Waals surface area contributed by atoms with E-state index in [-0.39, 0.29) is 6.61 Å². The summed E-state index contributed by atoms with van der Waals surface area (Å²) in [5.74, 6) is 1.69. The van der Waals surface area contributed by atoms with Gasteiger partial charge in [0.15, 0.2) is 0 Å². The molecule has 1 aliphatic rings. The molecule has 0 aromatic carbocycles.